The molecule has 0 fully saturated rings. The molecule has 0 atom stereocenters. The maximum Gasteiger partial charge on any atom is 0.350 e. The topological polar surface area (TPSA) is 83.2 Å². The Hall–Kier alpha value is -1.56. The van der Waals surface area contributed by atoms with Crippen LogP contribution in [0.15, 0.2) is 15.0 Å². The van der Waals surface area contributed by atoms with Crippen LogP contribution in [0.25, 0.3) is 0 Å². The Balaban J connectivity index is 0.000000720. The van der Waals surface area contributed by atoms with E-state index < -0.39 is 11.9 Å². The van der Waals surface area contributed by atoms with Gasteiger partial charge in [-0.2, -0.15) is 4.99 Å². The van der Waals surface area contributed by atoms with Gasteiger partial charge in [0, 0.05) is 0 Å². The third kappa shape index (κ3) is 1.12. The van der Waals surface area contributed by atoms with Gasteiger partial charge in [0.25, 0.3) is 5.91 Å². The molecule has 0 bridgehead atoms. The van der Waals surface area contributed by atoms with Gasteiger partial charge in [0.05, 0.1) is 0 Å². The van der Waals surface area contributed by atoms with E-state index in [1.165, 1.54) is 6.34 Å². The number of halogens is 1. The molecule has 0 radical (unpaired) electrons. The molecule has 0 saturated heterocycles. The second kappa shape index (κ2) is 2.82. The molecule has 7 heteroatoms. The summed E-state index contributed by atoms with van der Waals surface area (Å²) in [7, 11) is 0. The number of amidine groups is 1. The zero-order chi connectivity index (χ0) is 7.84. The molecule has 6 nitrogen and oxygen atoms in total. The van der Waals surface area contributed by atoms with Crippen molar-refractivity contribution in [3.63, 3.8) is 0 Å². The van der Waals surface area contributed by atoms with E-state index in [9.17, 15) is 9.59 Å². The molecular weight excluding hydrogens is 184 g/mol. The average molecular weight is 187 g/mol. The Labute approximate surface area is 72.9 Å². The number of rotatable bonds is 0. The van der Waals surface area contributed by atoms with Gasteiger partial charge in [-0.3, -0.25) is 10.1 Å². The van der Waals surface area contributed by atoms with E-state index >= 15 is 0 Å². The molecule has 0 aromatic rings. The zero-order valence-corrected chi connectivity index (χ0v) is 6.46. The van der Waals surface area contributed by atoms with Crippen LogP contribution in [0.4, 0.5) is 4.79 Å². The maximum atomic E-state index is 10.9. The van der Waals surface area contributed by atoms with Crippen molar-refractivity contribution < 1.29 is 9.59 Å². The van der Waals surface area contributed by atoms with Gasteiger partial charge in [-0.05, 0) is 0 Å². The summed E-state index contributed by atoms with van der Waals surface area (Å²) in [4.78, 5) is 32.0. The van der Waals surface area contributed by atoms with E-state index in [1.807, 2.05) is 5.32 Å². The summed E-state index contributed by atoms with van der Waals surface area (Å²) in [5.74, 6) is -0.448. The fourth-order valence-electron chi connectivity index (χ4n) is 0.783. The van der Waals surface area contributed by atoms with Crippen LogP contribution in [-0.2, 0) is 4.79 Å². The first kappa shape index (κ1) is 8.54. The molecule has 2 rings (SSSR count). The SMILES string of the molecule is Cl.O=C1N=C2N=CN=C2C(=O)N1. The fraction of sp³-hybridized carbons (Fsp3) is 0. The Morgan fingerprint density at radius 2 is 2.08 bits per heavy atom. The van der Waals surface area contributed by atoms with Gasteiger partial charge in [-0.15, -0.1) is 12.4 Å². The first-order chi connectivity index (χ1) is 5.27. The number of imide groups is 1. The van der Waals surface area contributed by atoms with Crippen LogP contribution >= 0.6 is 12.4 Å². The highest BCUT2D eigenvalue weighted by atomic mass is 35.5. The van der Waals surface area contributed by atoms with Crippen LogP contribution < -0.4 is 5.32 Å². The summed E-state index contributed by atoms with van der Waals surface area (Å²) in [6.45, 7) is 0. The second-order valence-electron chi connectivity index (χ2n) is 1.92. The maximum absolute atomic E-state index is 10.9. The van der Waals surface area contributed by atoms with Crippen LogP contribution in [0.2, 0.25) is 0 Å². The molecule has 0 aromatic carbocycles. The zero-order valence-electron chi connectivity index (χ0n) is 5.64. The Morgan fingerprint density at radius 3 is 2.83 bits per heavy atom. The first-order valence-electron chi connectivity index (χ1n) is 2.82. The molecule has 2 aliphatic rings. The van der Waals surface area contributed by atoms with E-state index in [4.69, 9.17) is 0 Å². The van der Waals surface area contributed by atoms with Crippen molar-refractivity contribution in [2.45, 2.75) is 0 Å². The van der Waals surface area contributed by atoms with E-state index in [2.05, 4.69) is 15.0 Å². The number of amides is 3. The number of urea groups is 1. The van der Waals surface area contributed by atoms with Gasteiger partial charge >= 0.3 is 6.03 Å². The van der Waals surface area contributed by atoms with Gasteiger partial charge in [0.1, 0.15) is 6.34 Å². The molecule has 1 N–H and O–H groups in total. The third-order valence-electron chi connectivity index (χ3n) is 1.22. The van der Waals surface area contributed by atoms with E-state index in [0.717, 1.165) is 0 Å². The summed E-state index contributed by atoms with van der Waals surface area (Å²) in [6, 6.07) is -0.692. The van der Waals surface area contributed by atoms with Crippen molar-refractivity contribution in [3.8, 4) is 0 Å². The van der Waals surface area contributed by atoms with Crippen LogP contribution in [0, 0.1) is 0 Å². The van der Waals surface area contributed by atoms with E-state index in [1.54, 1.807) is 0 Å². The van der Waals surface area contributed by atoms with Crippen molar-refractivity contribution in [3.05, 3.63) is 0 Å². The predicted molar refractivity (Wildman–Crippen MR) is 44.1 cm³/mol. The van der Waals surface area contributed by atoms with Crippen molar-refractivity contribution in [2.75, 3.05) is 0 Å². The van der Waals surface area contributed by atoms with Crippen LogP contribution in [-0.4, -0.2) is 29.8 Å². The minimum Gasteiger partial charge on any atom is -0.271 e. The van der Waals surface area contributed by atoms with Gasteiger partial charge in [0.2, 0.25) is 0 Å². The predicted octanol–water partition coefficient (Wildman–Crippen LogP) is -0.461. The average Bonchev–Trinajstić information content (AvgIpc) is 2.34. The lowest BCUT2D eigenvalue weighted by atomic mass is 10.3. The molecule has 2 heterocycles. The molecule has 3 amide bonds. The van der Waals surface area contributed by atoms with Gasteiger partial charge in [-0.1, -0.05) is 0 Å². The molecule has 12 heavy (non-hydrogen) atoms. The van der Waals surface area contributed by atoms with Crippen molar-refractivity contribution in [1.82, 2.24) is 5.32 Å². The monoisotopic (exact) mass is 186 g/mol. The Morgan fingerprint density at radius 1 is 1.33 bits per heavy atom. The Kier molecular flexibility index (Phi) is 2.01. The molecule has 0 aromatic heterocycles. The normalized spacial score (nSPS) is 19.0. The number of aliphatic imine (C=N–C) groups is 3. The lowest BCUT2D eigenvalue weighted by Crippen LogP contribution is -2.41. The number of hydrogen-bond donors (Lipinski definition) is 1. The molecule has 0 unspecified atom stereocenters. The number of nitrogens with one attached hydrogen (secondary N) is 1. The molecule has 0 saturated carbocycles. The fourth-order valence-corrected chi connectivity index (χ4v) is 0.783. The van der Waals surface area contributed by atoms with Crippen molar-refractivity contribution >= 4 is 42.2 Å². The molecule has 62 valence electrons. The third-order valence-corrected chi connectivity index (χ3v) is 1.22. The number of carbonyl (C=O) groups is 2. The summed E-state index contributed by atoms with van der Waals surface area (Å²) in [5, 5.41) is 1.97. The lowest BCUT2D eigenvalue weighted by Gasteiger charge is -2.05. The largest absolute Gasteiger partial charge is 0.350 e. The highest BCUT2D eigenvalue weighted by Gasteiger charge is 2.27. The van der Waals surface area contributed by atoms with Crippen molar-refractivity contribution in [1.29, 1.82) is 0 Å². The molecule has 0 spiro atoms. The smallest absolute Gasteiger partial charge is 0.271 e. The summed E-state index contributed by atoms with van der Waals surface area (Å²) >= 11 is 0. The summed E-state index contributed by atoms with van der Waals surface area (Å²) in [6.07, 6.45) is 1.19. The minimum absolute atomic E-state index is 0. The number of fused-ring (bicyclic) bond motifs is 1. The van der Waals surface area contributed by atoms with Gasteiger partial charge in [-0.25, -0.2) is 14.8 Å². The van der Waals surface area contributed by atoms with Crippen molar-refractivity contribution in [2.24, 2.45) is 15.0 Å². The highest BCUT2D eigenvalue weighted by Crippen LogP contribution is 2.00. The van der Waals surface area contributed by atoms with Gasteiger partial charge < -0.3 is 0 Å². The highest BCUT2D eigenvalue weighted by molar-refractivity contribution is 6.71. The van der Waals surface area contributed by atoms with Crippen LogP contribution in [0.1, 0.15) is 0 Å². The first-order valence-corrected chi connectivity index (χ1v) is 2.82. The standard InChI is InChI=1S/C5H2N4O2.ClH/c10-4-2-3(7-1-6-2)8-5(11)9-4;/h1H,(H,9,10,11);1H. The minimum atomic E-state index is -0.692. The lowest BCUT2D eigenvalue weighted by molar-refractivity contribution is -0.113. The number of hydrogen-bond acceptors (Lipinski definition) is 4. The summed E-state index contributed by atoms with van der Waals surface area (Å²) < 4.78 is 0. The quantitative estimate of drug-likeness (QED) is 0.555. The summed E-state index contributed by atoms with van der Waals surface area (Å²) in [5.41, 5.74) is 0.101. The molecule has 0 aliphatic carbocycles. The van der Waals surface area contributed by atoms with Gasteiger partial charge in [0.15, 0.2) is 11.5 Å². The molecular formula is C5H3ClN4O2. The van der Waals surface area contributed by atoms with E-state index in [-0.39, 0.29) is 24.0 Å². The Bertz CT molecular complexity index is 343. The second-order valence-corrected chi connectivity index (χ2v) is 1.92. The number of nitrogens with zero attached hydrogens (tertiary/aromatic N) is 3. The van der Waals surface area contributed by atoms with Crippen LogP contribution in [0.3, 0.4) is 0 Å². The van der Waals surface area contributed by atoms with E-state index in [0.29, 0.717) is 0 Å². The molecule has 2 aliphatic heterocycles. The number of carbonyl (C=O) groups excluding carboxylic acids is 2. The van der Waals surface area contributed by atoms with Crippen LogP contribution in [0.5, 0.6) is 0 Å².